The number of halogens is 1. The van der Waals surface area contributed by atoms with Crippen LogP contribution in [0.5, 0.6) is 0 Å². The number of aryl methyl sites for hydroxylation is 1. The molecule has 0 unspecified atom stereocenters. The number of carbonyl (C=O) groups is 2. The predicted molar refractivity (Wildman–Crippen MR) is 98.8 cm³/mol. The summed E-state index contributed by atoms with van der Waals surface area (Å²) in [6, 6.07) is 8.60. The molecule has 2 aromatic rings. The van der Waals surface area contributed by atoms with Gasteiger partial charge in [0.05, 0.1) is 22.9 Å². The zero-order valence-electron chi connectivity index (χ0n) is 14.5. The van der Waals surface area contributed by atoms with E-state index in [1.54, 1.807) is 19.1 Å². The second-order valence-electron chi connectivity index (χ2n) is 6.24. The third-order valence-electron chi connectivity index (χ3n) is 4.14. The Morgan fingerprint density at radius 1 is 1.33 bits per heavy atom. The van der Waals surface area contributed by atoms with Crippen molar-refractivity contribution in [1.29, 1.82) is 0 Å². The highest BCUT2D eigenvalue weighted by molar-refractivity contribution is 7.91. The van der Waals surface area contributed by atoms with Gasteiger partial charge in [0, 0.05) is 6.04 Å². The molecule has 1 amide bonds. The lowest BCUT2D eigenvalue weighted by molar-refractivity contribution is -0.124. The zero-order valence-corrected chi connectivity index (χ0v) is 16.1. The van der Waals surface area contributed by atoms with Crippen molar-refractivity contribution in [1.82, 2.24) is 15.1 Å². The number of aromatic nitrogens is 2. The Morgan fingerprint density at radius 3 is 2.67 bits per heavy atom. The number of nitrogens with zero attached hydrogens (tertiary/aromatic N) is 2. The van der Waals surface area contributed by atoms with E-state index in [4.69, 9.17) is 16.3 Å². The molecule has 8 nitrogen and oxygen atoms in total. The molecule has 0 radical (unpaired) electrons. The Morgan fingerprint density at radius 2 is 2.04 bits per heavy atom. The number of benzene rings is 1. The third kappa shape index (κ3) is 4.48. The van der Waals surface area contributed by atoms with Gasteiger partial charge in [0.25, 0.3) is 5.91 Å². The average molecular weight is 412 g/mol. The second-order valence-corrected chi connectivity index (χ2v) is 8.83. The summed E-state index contributed by atoms with van der Waals surface area (Å²) >= 11 is 6.28. The summed E-state index contributed by atoms with van der Waals surface area (Å²) < 4.78 is 29.3. The summed E-state index contributed by atoms with van der Waals surface area (Å²) in [7, 11) is -3.10. The van der Waals surface area contributed by atoms with Crippen LogP contribution in [-0.4, -0.2) is 54.2 Å². The average Bonchev–Trinajstić information content (AvgIpc) is 3.11. The highest BCUT2D eigenvalue weighted by atomic mass is 35.5. The maximum atomic E-state index is 12.3. The van der Waals surface area contributed by atoms with Crippen LogP contribution in [0.2, 0.25) is 5.15 Å². The molecule has 1 atom stereocenters. The lowest BCUT2D eigenvalue weighted by Crippen LogP contribution is -2.38. The molecule has 1 aromatic heterocycles. The number of ether oxygens (including phenoxy) is 1. The van der Waals surface area contributed by atoms with Crippen molar-refractivity contribution in [2.45, 2.75) is 19.4 Å². The fourth-order valence-corrected chi connectivity index (χ4v) is 4.88. The van der Waals surface area contributed by atoms with Crippen molar-refractivity contribution < 1.29 is 22.7 Å². The molecule has 0 saturated carbocycles. The van der Waals surface area contributed by atoms with Gasteiger partial charge in [-0.2, -0.15) is 5.10 Å². The standard InChI is InChI=1S/C17H18ClN3O5S/c1-11-15(16(18)21(20-11)13-5-3-2-4-6-13)17(23)26-9-14(22)19-12-7-8-27(24,25)10-12/h2-6,12H,7-10H2,1H3,(H,19,22)/t12-/m0/s1. The number of sulfone groups is 1. The summed E-state index contributed by atoms with van der Waals surface area (Å²) in [6.07, 6.45) is 0.358. The molecule has 1 saturated heterocycles. The molecule has 1 fully saturated rings. The van der Waals surface area contributed by atoms with Gasteiger partial charge in [-0.15, -0.1) is 0 Å². The van der Waals surface area contributed by atoms with Gasteiger partial charge in [-0.05, 0) is 25.5 Å². The van der Waals surface area contributed by atoms with Gasteiger partial charge in [-0.3, -0.25) is 4.79 Å². The van der Waals surface area contributed by atoms with Gasteiger partial charge >= 0.3 is 5.97 Å². The lowest BCUT2D eigenvalue weighted by atomic mass is 10.2. The van der Waals surface area contributed by atoms with E-state index in [1.807, 2.05) is 18.2 Å². The molecule has 0 spiro atoms. The first-order chi connectivity index (χ1) is 12.8. The minimum absolute atomic E-state index is 0.0468. The number of amides is 1. The van der Waals surface area contributed by atoms with Gasteiger partial charge in [0.1, 0.15) is 10.7 Å². The molecule has 1 aromatic carbocycles. The first-order valence-electron chi connectivity index (χ1n) is 8.24. The highest BCUT2D eigenvalue weighted by Crippen LogP contribution is 2.24. The van der Waals surface area contributed by atoms with Crippen molar-refractivity contribution in [2.75, 3.05) is 18.1 Å². The van der Waals surface area contributed by atoms with Gasteiger partial charge in [-0.1, -0.05) is 29.8 Å². The van der Waals surface area contributed by atoms with Crippen LogP contribution >= 0.6 is 11.6 Å². The maximum Gasteiger partial charge on any atom is 0.343 e. The Labute approximate surface area is 161 Å². The van der Waals surface area contributed by atoms with E-state index in [2.05, 4.69) is 10.4 Å². The number of carbonyl (C=O) groups excluding carboxylic acids is 2. The number of nitrogens with one attached hydrogen (secondary N) is 1. The van der Waals surface area contributed by atoms with Crippen molar-refractivity contribution in [3.63, 3.8) is 0 Å². The molecule has 2 heterocycles. The first kappa shape index (κ1) is 19.4. The zero-order chi connectivity index (χ0) is 19.6. The van der Waals surface area contributed by atoms with Crippen LogP contribution in [0.15, 0.2) is 30.3 Å². The molecule has 0 aliphatic carbocycles. The van der Waals surface area contributed by atoms with Crippen LogP contribution in [0, 0.1) is 6.92 Å². The van der Waals surface area contributed by atoms with Crippen LogP contribution < -0.4 is 5.32 Å². The number of hydrogen-bond acceptors (Lipinski definition) is 6. The second kappa shape index (κ2) is 7.69. The molecule has 3 rings (SSSR count). The minimum atomic E-state index is -3.10. The fraction of sp³-hybridized carbons (Fsp3) is 0.353. The Bertz CT molecular complexity index is 972. The van der Waals surface area contributed by atoms with Crippen LogP contribution in [0.1, 0.15) is 22.5 Å². The predicted octanol–water partition coefficient (Wildman–Crippen LogP) is 1.29. The van der Waals surface area contributed by atoms with Gasteiger partial charge in [0.2, 0.25) is 0 Å². The number of rotatable bonds is 5. The molecular weight excluding hydrogens is 394 g/mol. The first-order valence-corrected chi connectivity index (χ1v) is 10.4. The highest BCUT2D eigenvalue weighted by Gasteiger charge is 2.29. The van der Waals surface area contributed by atoms with Gasteiger partial charge in [-0.25, -0.2) is 17.9 Å². The monoisotopic (exact) mass is 411 g/mol. The molecule has 144 valence electrons. The minimum Gasteiger partial charge on any atom is -0.452 e. The van der Waals surface area contributed by atoms with Crippen LogP contribution in [0.25, 0.3) is 5.69 Å². The summed E-state index contributed by atoms with van der Waals surface area (Å²) in [5.41, 5.74) is 1.14. The number of esters is 1. The van der Waals surface area contributed by atoms with Crippen molar-refractivity contribution >= 4 is 33.3 Å². The lowest BCUT2D eigenvalue weighted by Gasteiger charge is -2.11. The van der Waals surface area contributed by atoms with E-state index < -0.39 is 34.4 Å². The van der Waals surface area contributed by atoms with E-state index >= 15 is 0 Å². The van der Waals surface area contributed by atoms with E-state index in [0.29, 0.717) is 17.8 Å². The largest absolute Gasteiger partial charge is 0.452 e. The summed E-state index contributed by atoms with van der Waals surface area (Å²) in [6.45, 7) is 1.09. The third-order valence-corrected chi connectivity index (χ3v) is 6.26. The van der Waals surface area contributed by atoms with E-state index in [9.17, 15) is 18.0 Å². The Balaban J connectivity index is 1.63. The van der Waals surface area contributed by atoms with E-state index in [1.165, 1.54) is 4.68 Å². The molecule has 1 N–H and O–H groups in total. The molecule has 10 heteroatoms. The Hall–Kier alpha value is -2.39. The van der Waals surface area contributed by atoms with Crippen molar-refractivity contribution in [3.05, 3.63) is 46.7 Å². The van der Waals surface area contributed by atoms with Crippen molar-refractivity contribution in [2.24, 2.45) is 0 Å². The summed E-state index contributed by atoms with van der Waals surface area (Å²) in [5.74, 6) is -1.38. The molecular formula is C17H18ClN3O5S. The van der Waals surface area contributed by atoms with Gasteiger partial charge in [0.15, 0.2) is 16.4 Å². The topological polar surface area (TPSA) is 107 Å². The Kier molecular flexibility index (Phi) is 5.52. The molecule has 1 aliphatic rings. The number of para-hydroxylation sites is 1. The molecule has 27 heavy (non-hydrogen) atoms. The molecule has 1 aliphatic heterocycles. The van der Waals surface area contributed by atoms with E-state index in [0.717, 1.165) is 0 Å². The quantitative estimate of drug-likeness (QED) is 0.743. The fourth-order valence-electron chi connectivity index (χ4n) is 2.85. The normalized spacial score (nSPS) is 18.2. The summed E-state index contributed by atoms with van der Waals surface area (Å²) in [5, 5.41) is 6.89. The summed E-state index contributed by atoms with van der Waals surface area (Å²) in [4.78, 5) is 24.2. The van der Waals surface area contributed by atoms with E-state index in [-0.39, 0.29) is 22.2 Å². The number of hydrogen-bond donors (Lipinski definition) is 1. The van der Waals surface area contributed by atoms with Gasteiger partial charge < -0.3 is 10.1 Å². The smallest absolute Gasteiger partial charge is 0.343 e. The van der Waals surface area contributed by atoms with Crippen LogP contribution in [-0.2, 0) is 19.4 Å². The maximum absolute atomic E-state index is 12.3. The van der Waals surface area contributed by atoms with Crippen LogP contribution in [0.3, 0.4) is 0 Å². The van der Waals surface area contributed by atoms with Crippen molar-refractivity contribution in [3.8, 4) is 5.69 Å². The molecule has 0 bridgehead atoms. The SMILES string of the molecule is Cc1nn(-c2ccccc2)c(Cl)c1C(=O)OCC(=O)N[C@H]1CCS(=O)(=O)C1. The van der Waals surface area contributed by atoms with Crippen LogP contribution in [0.4, 0.5) is 0 Å².